The predicted molar refractivity (Wildman–Crippen MR) is 74.2 cm³/mol. The van der Waals surface area contributed by atoms with Crippen LogP contribution in [0, 0.1) is 3.57 Å². The van der Waals surface area contributed by atoms with Crippen molar-refractivity contribution in [3.05, 3.63) is 32.4 Å². The quantitative estimate of drug-likeness (QED) is 0.837. The van der Waals surface area contributed by atoms with Gasteiger partial charge in [0.2, 0.25) is 0 Å². The zero-order valence-electron chi connectivity index (χ0n) is 8.84. The largest absolute Gasteiger partial charge is 0.329 e. The molecule has 84 valence electrons. The second-order valence-electron chi connectivity index (χ2n) is 3.41. The fourth-order valence-electron chi connectivity index (χ4n) is 1.43. The number of rotatable bonds is 5. The van der Waals surface area contributed by atoms with Crippen LogP contribution in [0.5, 0.6) is 0 Å². The number of likely N-dealkylation sites (N-methyl/N-ethyl adjacent to an activating group) is 1. The van der Waals surface area contributed by atoms with Crippen LogP contribution in [0.4, 0.5) is 0 Å². The van der Waals surface area contributed by atoms with Gasteiger partial charge in [-0.2, -0.15) is 0 Å². The van der Waals surface area contributed by atoms with Gasteiger partial charge in [0.15, 0.2) is 0 Å². The Labute approximate surface area is 110 Å². The highest BCUT2D eigenvalue weighted by Crippen LogP contribution is 2.20. The fraction of sp³-hybridized carbons (Fsp3) is 0.455. The molecule has 0 heterocycles. The van der Waals surface area contributed by atoms with Gasteiger partial charge in [-0.3, -0.25) is 4.90 Å². The fourth-order valence-corrected chi connectivity index (χ4v) is 1.97. The van der Waals surface area contributed by atoms with E-state index in [1.54, 1.807) is 0 Å². The molecule has 1 aromatic rings. The van der Waals surface area contributed by atoms with E-state index in [2.05, 4.69) is 46.5 Å². The van der Waals surface area contributed by atoms with Crippen LogP contribution in [0.2, 0.25) is 5.02 Å². The standard InChI is InChI=1S/C11H16ClIN2/c1-2-15(6-5-14)8-9-3-4-11(13)10(12)7-9/h3-4,7H,2,5-6,8,14H2,1H3. The van der Waals surface area contributed by atoms with Crippen molar-refractivity contribution in [1.82, 2.24) is 4.90 Å². The molecule has 0 saturated carbocycles. The number of benzene rings is 1. The minimum atomic E-state index is 0.700. The molecule has 0 atom stereocenters. The zero-order valence-corrected chi connectivity index (χ0v) is 11.8. The molecule has 1 rings (SSSR count). The second kappa shape index (κ2) is 6.68. The van der Waals surface area contributed by atoms with Crippen molar-refractivity contribution < 1.29 is 0 Å². The third kappa shape index (κ3) is 4.26. The Morgan fingerprint density at radius 3 is 2.73 bits per heavy atom. The highest BCUT2D eigenvalue weighted by molar-refractivity contribution is 14.1. The zero-order chi connectivity index (χ0) is 11.3. The maximum atomic E-state index is 6.07. The molecule has 0 amide bonds. The van der Waals surface area contributed by atoms with E-state index >= 15 is 0 Å². The molecule has 0 aromatic heterocycles. The monoisotopic (exact) mass is 338 g/mol. The van der Waals surface area contributed by atoms with E-state index in [0.29, 0.717) is 6.54 Å². The summed E-state index contributed by atoms with van der Waals surface area (Å²) in [7, 11) is 0. The van der Waals surface area contributed by atoms with Crippen molar-refractivity contribution in [3.63, 3.8) is 0 Å². The van der Waals surface area contributed by atoms with E-state index in [1.165, 1.54) is 5.56 Å². The van der Waals surface area contributed by atoms with E-state index in [4.69, 9.17) is 17.3 Å². The Hall–Kier alpha value is 0.160. The number of nitrogens with two attached hydrogens (primary N) is 1. The van der Waals surface area contributed by atoms with Gasteiger partial charge < -0.3 is 5.73 Å². The van der Waals surface area contributed by atoms with E-state index in [-0.39, 0.29) is 0 Å². The molecule has 1 aromatic carbocycles. The van der Waals surface area contributed by atoms with Crippen LogP contribution < -0.4 is 5.73 Å². The smallest absolute Gasteiger partial charge is 0.0542 e. The Bertz CT molecular complexity index is 317. The molecule has 2 nitrogen and oxygen atoms in total. The molecule has 0 unspecified atom stereocenters. The molecule has 2 N–H and O–H groups in total. The molecular weight excluding hydrogens is 322 g/mol. The van der Waals surface area contributed by atoms with Crippen LogP contribution in [-0.4, -0.2) is 24.5 Å². The molecule has 4 heteroatoms. The van der Waals surface area contributed by atoms with E-state index in [0.717, 1.165) is 28.2 Å². The number of halogens is 2. The molecule has 0 fully saturated rings. The first-order valence-electron chi connectivity index (χ1n) is 5.03. The lowest BCUT2D eigenvalue weighted by Crippen LogP contribution is -2.28. The molecule has 0 aliphatic rings. The average Bonchev–Trinajstić information content (AvgIpc) is 2.23. The molecule has 0 bridgehead atoms. The Balaban J connectivity index is 2.66. The highest BCUT2D eigenvalue weighted by Gasteiger charge is 2.04. The number of nitrogens with zero attached hydrogens (tertiary/aromatic N) is 1. The minimum absolute atomic E-state index is 0.700. The van der Waals surface area contributed by atoms with Crippen molar-refractivity contribution in [2.75, 3.05) is 19.6 Å². The van der Waals surface area contributed by atoms with Gasteiger partial charge in [0, 0.05) is 23.2 Å². The third-order valence-corrected chi connectivity index (χ3v) is 3.85. The summed E-state index contributed by atoms with van der Waals surface area (Å²) >= 11 is 8.30. The van der Waals surface area contributed by atoms with E-state index in [1.807, 2.05) is 6.07 Å². The number of hydrogen-bond acceptors (Lipinski definition) is 2. The van der Waals surface area contributed by atoms with Crippen molar-refractivity contribution in [1.29, 1.82) is 0 Å². The SMILES string of the molecule is CCN(CCN)Cc1ccc(I)c(Cl)c1. The lowest BCUT2D eigenvalue weighted by Gasteiger charge is -2.19. The van der Waals surface area contributed by atoms with E-state index < -0.39 is 0 Å². The summed E-state index contributed by atoms with van der Waals surface area (Å²) in [6.07, 6.45) is 0. The molecule has 0 aliphatic carbocycles. The second-order valence-corrected chi connectivity index (χ2v) is 4.98. The summed E-state index contributed by atoms with van der Waals surface area (Å²) < 4.78 is 1.10. The van der Waals surface area contributed by atoms with Crippen LogP contribution in [0.15, 0.2) is 18.2 Å². The molecule has 0 spiro atoms. The van der Waals surface area contributed by atoms with Gasteiger partial charge in [0.05, 0.1) is 5.02 Å². The summed E-state index contributed by atoms with van der Waals surface area (Å²) in [5.74, 6) is 0. The van der Waals surface area contributed by atoms with Gasteiger partial charge in [0.25, 0.3) is 0 Å². The maximum absolute atomic E-state index is 6.07. The summed E-state index contributed by atoms with van der Waals surface area (Å²) in [5.41, 5.74) is 6.79. The predicted octanol–water partition coefficient (Wildman–Crippen LogP) is 2.73. The molecule has 0 aliphatic heterocycles. The summed E-state index contributed by atoms with van der Waals surface area (Å²) in [6.45, 7) is 5.71. The van der Waals surface area contributed by atoms with Crippen LogP contribution in [0.1, 0.15) is 12.5 Å². The summed E-state index contributed by atoms with van der Waals surface area (Å²) in [6, 6.07) is 6.20. The van der Waals surface area contributed by atoms with Crippen molar-refractivity contribution in [2.24, 2.45) is 5.73 Å². The van der Waals surface area contributed by atoms with E-state index in [9.17, 15) is 0 Å². The molecular formula is C11H16ClIN2. The van der Waals surface area contributed by atoms with Gasteiger partial charge in [-0.05, 0) is 46.8 Å². The van der Waals surface area contributed by atoms with Gasteiger partial charge >= 0.3 is 0 Å². The lowest BCUT2D eigenvalue weighted by atomic mass is 10.2. The maximum Gasteiger partial charge on any atom is 0.0542 e. The first kappa shape index (κ1) is 13.2. The van der Waals surface area contributed by atoms with Gasteiger partial charge in [-0.25, -0.2) is 0 Å². The first-order chi connectivity index (χ1) is 7.17. The van der Waals surface area contributed by atoms with Crippen LogP contribution >= 0.6 is 34.2 Å². The summed E-state index contributed by atoms with van der Waals surface area (Å²) in [4.78, 5) is 2.30. The Morgan fingerprint density at radius 1 is 1.47 bits per heavy atom. The number of hydrogen-bond donors (Lipinski definition) is 1. The topological polar surface area (TPSA) is 29.3 Å². The minimum Gasteiger partial charge on any atom is -0.329 e. The molecule has 0 radical (unpaired) electrons. The van der Waals surface area contributed by atoms with Crippen molar-refractivity contribution in [2.45, 2.75) is 13.5 Å². The first-order valence-corrected chi connectivity index (χ1v) is 6.49. The average molecular weight is 339 g/mol. The van der Waals surface area contributed by atoms with Crippen LogP contribution in [0.3, 0.4) is 0 Å². The lowest BCUT2D eigenvalue weighted by molar-refractivity contribution is 0.288. The molecule has 15 heavy (non-hydrogen) atoms. The van der Waals surface area contributed by atoms with Crippen LogP contribution in [-0.2, 0) is 6.54 Å². The van der Waals surface area contributed by atoms with Gasteiger partial charge in [0.1, 0.15) is 0 Å². The van der Waals surface area contributed by atoms with Gasteiger partial charge in [-0.15, -0.1) is 0 Å². The normalized spacial score (nSPS) is 11.0. The third-order valence-electron chi connectivity index (χ3n) is 2.28. The Kier molecular flexibility index (Phi) is 5.89. The van der Waals surface area contributed by atoms with Crippen molar-refractivity contribution in [3.8, 4) is 0 Å². The van der Waals surface area contributed by atoms with Gasteiger partial charge in [-0.1, -0.05) is 24.6 Å². The van der Waals surface area contributed by atoms with Crippen LogP contribution in [0.25, 0.3) is 0 Å². The van der Waals surface area contributed by atoms with Crippen molar-refractivity contribution >= 4 is 34.2 Å². The Morgan fingerprint density at radius 2 is 2.20 bits per heavy atom. The molecule has 0 saturated heterocycles. The summed E-state index contributed by atoms with van der Waals surface area (Å²) in [5, 5.41) is 0.830. The highest BCUT2D eigenvalue weighted by atomic mass is 127.